The molecular formula is C55H38N2O. The summed E-state index contributed by atoms with van der Waals surface area (Å²) < 4.78 is 6.81. The van der Waals surface area contributed by atoms with Crippen LogP contribution < -0.4 is 14.5 Å². The number of hydrogen-bond donors (Lipinski definition) is 0. The zero-order valence-electron chi connectivity index (χ0n) is 31.7. The second-order valence-electron chi connectivity index (χ2n) is 14.8. The van der Waals surface area contributed by atoms with Crippen molar-refractivity contribution in [2.45, 2.75) is 5.41 Å². The van der Waals surface area contributed by atoms with E-state index in [2.05, 4.69) is 240 Å². The first-order valence-electron chi connectivity index (χ1n) is 19.9. The van der Waals surface area contributed by atoms with Crippen LogP contribution in [0.3, 0.4) is 0 Å². The van der Waals surface area contributed by atoms with Gasteiger partial charge < -0.3 is 14.5 Å². The number of benzene rings is 9. The molecule has 0 N–H and O–H groups in total. The van der Waals surface area contributed by atoms with E-state index in [0.29, 0.717) is 0 Å². The molecular weight excluding hydrogens is 705 g/mol. The second kappa shape index (κ2) is 13.8. The molecule has 0 fully saturated rings. The molecule has 9 aromatic rings. The molecule has 1 heterocycles. The molecule has 0 atom stereocenters. The normalized spacial score (nSPS) is 12.8. The molecule has 1 aliphatic carbocycles. The van der Waals surface area contributed by atoms with Crippen LogP contribution >= 0.6 is 0 Å². The maximum Gasteiger partial charge on any atom is 0.132 e. The molecule has 58 heavy (non-hydrogen) atoms. The molecule has 1 aliphatic heterocycles. The van der Waals surface area contributed by atoms with Crippen LogP contribution in [0.15, 0.2) is 231 Å². The van der Waals surface area contributed by atoms with Gasteiger partial charge in [-0.25, -0.2) is 0 Å². The van der Waals surface area contributed by atoms with Crippen LogP contribution in [-0.2, 0) is 5.41 Å². The SMILES string of the molecule is c1ccc(-c2ccc(N(c3ccccc3)c3ccc(N(c4ccccc4)c4ccccc4)c4c3C3(c5ccccc5Oc5ccccc53)c3ccccc3-4)cc2)cc1. The van der Waals surface area contributed by atoms with Crippen LogP contribution in [-0.4, -0.2) is 0 Å². The fourth-order valence-electron chi connectivity index (χ4n) is 9.34. The Hall–Kier alpha value is -7.62. The Kier molecular flexibility index (Phi) is 8.04. The third-order valence-electron chi connectivity index (χ3n) is 11.7. The van der Waals surface area contributed by atoms with Gasteiger partial charge in [-0.15, -0.1) is 0 Å². The smallest absolute Gasteiger partial charge is 0.132 e. The summed E-state index contributed by atoms with van der Waals surface area (Å²) in [4.78, 5) is 4.86. The Labute approximate surface area is 339 Å². The minimum atomic E-state index is -0.723. The van der Waals surface area contributed by atoms with Gasteiger partial charge in [0.25, 0.3) is 0 Å². The van der Waals surface area contributed by atoms with Gasteiger partial charge >= 0.3 is 0 Å². The average molecular weight is 743 g/mol. The van der Waals surface area contributed by atoms with E-state index < -0.39 is 5.41 Å². The molecule has 274 valence electrons. The van der Waals surface area contributed by atoms with E-state index in [1.807, 2.05) is 0 Å². The minimum Gasteiger partial charge on any atom is -0.457 e. The summed E-state index contributed by atoms with van der Waals surface area (Å²) in [5, 5.41) is 0. The summed E-state index contributed by atoms with van der Waals surface area (Å²) in [5.74, 6) is 1.73. The van der Waals surface area contributed by atoms with Crippen molar-refractivity contribution in [3.8, 4) is 33.8 Å². The predicted molar refractivity (Wildman–Crippen MR) is 239 cm³/mol. The van der Waals surface area contributed by atoms with Crippen LogP contribution in [0.1, 0.15) is 22.3 Å². The summed E-state index contributed by atoms with van der Waals surface area (Å²) in [5.41, 5.74) is 15.3. The minimum absolute atomic E-state index is 0.723. The standard InChI is InChI=1S/C55H38N2O/c1-5-19-39(20-6-1)40-33-35-44(36-34-40)57(43-25-11-4-12-26-43)50-38-37-49(56(41-21-7-2-8-22-41)42-23-9-3-10-24-42)53-45-27-13-14-28-46(45)55(54(50)53)47-29-15-17-31-51(47)58-52-32-18-16-30-48(52)55/h1-38H. The van der Waals surface area contributed by atoms with E-state index in [1.165, 1.54) is 33.4 Å². The first-order valence-corrected chi connectivity index (χ1v) is 19.9. The highest BCUT2D eigenvalue weighted by molar-refractivity contribution is 6.03. The van der Waals surface area contributed by atoms with Crippen LogP contribution in [0.4, 0.5) is 34.1 Å². The largest absolute Gasteiger partial charge is 0.457 e. The fourth-order valence-corrected chi connectivity index (χ4v) is 9.34. The molecule has 0 saturated carbocycles. The molecule has 2 aliphatic rings. The highest BCUT2D eigenvalue weighted by Crippen LogP contribution is 2.66. The number of para-hydroxylation sites is 5. The highest BCUT2D eigenvalue weighted by atomic mass is 16.5. The highest BCUT2D eigenvalue weighted by Gasteiger charge is 2.54. The second-order valence-corrected chi connectivity index (χ2v) is 14.8. The molecule has 3 nitrogen and oxygen atoms in total. The van der Waals surface area contributed by atoms with E-state index in [9.17, 15) is 0 Å². The van der Waals surface area contributed by atoms with Gasteiger partial charge in [-0.2, -0.15) is 0 Å². The summed E-state index contributed by atoms with van der Waals surface area (Å²) in [6.07, 6.45) is 0. The summed E-state index contributed by atoms with van der Waals surface area (Å²) in [6, 6.07) is 82.8. The molecule has 1 spiro atoms. The van der Waals surface area contributed by atoms with E-state index in [0.717, 1.165) is 56.8 Å². The lowest BCUT2D eigenvalue weighted by Gasteiger charge is -2.42. The van der Waals surface area contributed by atoms with Crippen molar-refractivity contribution >= 4 is 34.1 Å². The van der Waals surface area contributed by atoms with Gasteiger partial charge in [-0.05, 0) is 95.1 Å². The van der Waals surface area contributed by atoms with Crippen molar-refractivity contribution < 1.29 is 4.74 Å². The Morgan fingerprint density at radius 3 is 1.26 bits per heavy atom. The number of hydrogen-bond acceptors (Lipinski definition) is 3. The first-order chi connectivity index (χ1) is 28.8. The van der Waals surface area contributed by atoms with E-state index in [-0.39, 0.29) is 0 Å². The topological polar surface area (TPSA) is 15.7 Å². The number of rotatable bonds is 7. The summed E-state index contributed by atoms with van der Waals surface area (Å²) >= 11 is 0. The molecule has 0 bridgehead atoms. The Morgan fingerprint density at radius 1 is 0.310 bits per heavy atom. The van der Waals surface area contributed by atoms with Crippen molar-refractivity contribution in [3.05, 3.63) is 253 Å². The lowest BCUT2D eigenvalue weighted by atomic mass is 9.65. The van der Waals surface area contributed by atoms with Gasteiger partial charge in [0.2, 0.25) is 0 Å². The number of fused-ring (bicyclic) bond motifs is 9. The van der Waals surface area contributed by atoms with Crippen LogP contribution in [0.2, 0.25) is 0 Å². The van der Waals surface area contributed by atoms with Gasteiger partial charge in [0.15, 0.2) is 0 Å². The lowest BCUT2D eigenvalue weighted by Crippen LogP contribution is -2.33. The lowest BCUT2D eigenvalue weighted by molar-refractivity contribution is 0.436. The molecule has 9 aromatic carbocycles. The van der Waals surface area contributed by atoms with Crippen molar-refractivity contribution in [1.29, 1.82) is 0 Å². The van der Waals surface area contributed by atoms with Gasteiger partial charge in [0, 0.05) is 45.0 Å². The third kappa shape index (κ3) is 5.21. The maximum absolute atomic E-state index is 6.81. The number of anilines is 6. The Morgan fingerprint density at radius 2 is 0.707 bits per heavy atom. The molecule has 0 radical (unpaired) electrons. The molecule has 11 rings (SSSR count). The summed E-state index contributed by atoms with van der Waals surface area (Å²) in [7, 11) is 0. The zero-order valence-corrected chi connectivity index (χ0v) is 31.7. The number of ether oxygens (including phenoxy) is 1. The van der Waals surface area contributed by atoms with Gasteiger partial charge in [-0.3, -0.25) is 0 Å². The van der Waals surface area contributed by atoms with Crippen molar-refractivity contribution in [2.75, 3.05) is 9.80 Å². The Balaban J connectivity index is 1.28. The predicted octanol–water partition coefficient (Wildman–Crippen LogP) is 14.8. The fraction of sp³-hybridized carbons (Fsp3) is 0.0182. The molecule has 0 aromatic heterocycles. The molecule has 3 heteroatoms. The van der Waals surface area contributed by atoms with E-state index in [1.54, 1.807) is 0 Å². The van der Waals surface area contributed by atoms with Gasteiger partial charge in [0.1, 0.15) is 11.5 Å². The van der Waals surface area contributed by atoms with Crippen LogP contribution in [0.5, 0.6) is 11.5 Å². The first kappa shape index (κ1) is 33.7. The average Bonchev–Trinajstić information content (AvgIpc) is 3.60. The van der Waals surface area contributed by atoms with Crippen molar-refractivity contribution in [3.63, 3.8) is 0 Å². The quantitative estimate of drug-likeness (QED) is 0.162. The molecule has 0 amide bonds. The molecule has 0 saturated heterocycles. The monoisotopic (exact) mass is 742 g/mol. The summed E-state index contributed by atoms with van der Waals surface area (Å²) in [6.45, 7) is 0. The molecule has 0 unspecified atom stereocenters. The van der Waals surface area contributed by atoms with E-state index in [4.69, 9.17) is 4.74 Å². The zero-order chi connectivity index (χ0) is 38.5. The van der Waals surface area contributed by atoms with Gasteiger partial charge in [0.05, 0.1) is 16.8 Å². The van der Waals surface area contributed by atoms with E-state index >= 15 is 0 Å². The van der Waals surface area contributed by atoms with Crippen LogP contribution in [0.25, 0.3) is 22.3 Å². The van der Waals surface area contributed by atoms with Crippen molar-refractivity contribution in [1.82, 2.24) is 0 Å². The maximum atomic E-state index is 6.81. The van der Waals surface area contributed by atoms with Gasteiger partial charge in [-0.1, -0.05) is 158 Å². The number of nitrogens with zero attached hydrogens (tertiary/aromatic N) is 2. The third-order valence-corrected chi connectivity index (χ3v) is 11.7. The van der Waals surface area contributed by atoms with Crippen molar-refractivity contribution in [2.24, 2.45) is 0 Å². The van der Waals surface area contributed by atoms with Crippen LogP contribution in [0, 0.1) is 0 Å². The Bertz CT molecular complexity index is 2820.